The highest BCUT2D eigenvalue weighted by Crippen LogP contribution is 2.35. The lowest BCUT2D eigenvalue weighted by atomic mass is 10.6. The summed E-state index contributed by atoms with van der Waals surface area (Å²) in [5, 5.41) is 10.5. The minimum atomic E-state index is -3.85. The molecular weight excluding hydrogens is 324 g/mol. The number of rotatable bonds is 6. The van der Waals surface area contributed by atoms with Crippen LogP contribution in [0.5, 0.6) is 0 Å². The smallest absolute Gasteiger partial charge is 0.260 e. The van der Waals surface area contributed by atoms with E-state index in [1.54, 1.807) is 0 Å². The van der Waals surface area contributed by atoms with E-state index in [1.165, 1.54) is 6.26 Å². The van der Waals surface area contributed by atoms with E-state index in [9.17, 15) is 22.7 Å². The zero-order valence-corrected chi connectivity index (χ0v) is 12.3. The SMILES string of the molecule is CS(=O)CCNS(=O)(=O)c1cc([N+](=O)[O-])c(Cl)s1. The van der Waals surface area contributed by atoms with Crippen molar-refractivity contribution in [1.82, 2.24) is 4.72 Å². The molecule has 1 heterocycles. The van der Waals surface area contributed by atoms with E-state index in [4.69, 9.17) is 11.6 Å². The van der Waals surface area contributed by atoms with Crippen molar-refractivity contribution in [3.05, 3.63) is 20.5 Å². The summed E-state index contributed by atoms with van der Waals surface area (Å²) in [4.78, 5) is 9.79. The summed E-state index contributed by atoms with van der Waals surface area (Å²) < 4.78 is 36.0. The predicted octanol–water partition coefficient (Wildman–Crippen LogP) is 0.966. The molecule has 0 amide bonds. The van der Waals surface area contributed by atoms with Gasteiger partial charge in [0.25, 0.3) is 5.69 Å². The Bertz CT molecular complexity index is 582. The summed E-state index contributed by atoms with van der Waals surface area (Å²) in [5.41, 5.74) is -0.443. The monoisotopic (exact) mass is 332 g/mol. The van der Waals surface area contributed by atoms with Gasteiger partial charge in [-0.1, -0.05) is 11.6 Å². The molecule has 1 atom stereocenters. The number of nitro groups is 1. The highest BCUT2D eigenvalue weighted by atomic mass is 35.5. The lowest BCUT2D eigenvalue weighted by Gasteiger charge is -2.02. The van der Waals surface area contributed by atoms with E-state index >= 15 is 0 Å². The molecule has 0 aliphatic rings. The van der Waals surface area contributed by atoms with E-state index in [2.05, 4.69) is 4.72 Å². The van der Waals surface area contributed by atoms with Crippen molar-refractivity contribution in [2.75, 3.05) is 18.6 Å². The van der Waals surface area contributed by atoms with Crippen LogP contribution in [0.1, 0.15) is 0 Å². The summed E-state index contributed by atoms with van der Waals surface area (Å²) in [7, 11) is -4.97. The minimum absolute atomic E-state index is 0.00520. The molecule has 0 saturated carbocycles. The molecule has 1 rings (SSSR count). The Morgan fingerprint density at radius 2 is 2.22 bits per heavy atom. The molecule has 1 aromatic heterocycles. The van der Waals surface area contributed by atoms with Gasteiger partial charge in [-0.25, -0.2) is 13.1 Å². The number of nitrogens with one attached hydrogen (secondary N) is 1. The fourth-order valence-electron chi connectivity index (χ4n) is 0.986. The summed E-state index contributed by atoms with van der Waals surface area (Å²) in [6.45, 7) is -0.00520. The Hall–Kier alpha value is -0.550. The van der Waals surface area contributed by atoms with Gasteiger partial charge >= 0.3 is 0 Å². The molecule has 1 aromatic rings. The van der Waals surface area contributed by atoms with Crippen molar-refractivity contribution in [2.24, 2.45) is 0 Å². The maximum atomic E-state index is 11.7. The van der Waals surface area contributed by atoms with Gasteiger partial charge in [-0.3, -0.25) is 14.3 Å². The van der Waals surface area contributed by atoms with Crippen molar-refractivity contribution in [2.45, 2.75) is 4.21 Å². The molecule has 0 bridgehead atoms. The van der Waals surface area contributed by atoms with Crippen LogP contribution < -0.4 is 4.72 Å². The Balaban J connectivity index is 2.89. The number of halogens is 1. The van der Waals surface area contributed by atoms with Crippen molar-refractivity contribution in [3.8, 4) is 0 Å². The number of sulfonamides is 1. The molecular formula is C7H9ClN2O5S3. The lowest BCUT2D eigenvalue weighted by Crippen LogP contribution is -2.27. The average Bonchev–Trinajstić information content (AvgIpc) is 2.60. The molecule has 1 unspecified atom stereocenters. The second-order valence-corrected chi connectivity index (χ2v) is 8.36. The summed E-state index contributed by atoms with van der Waals surface area (Å²) in [6, 6.07) is 0.901. The molecule has 0 aliphatic heterocycles. The normalized spacial score (nSPS) is 13.4. The molecule has 0 radical (unpaired) electrons. The van der Waals surface area contributed by atoms with Crippen molar-refractivity contribution in [3.63, 3.8) is 0 Å². The highest BCUT2D eigenvalue weighted by molar-refractivity contribution is 7.91. The first-order chi connectivity index (χ1) is 8.24. The maximum absolute atomic E-state index is 11.7. The van der Waals surface area contributed by atoms with Gasteiger partial charge < -0.3 is 0 Å². The van der Waals surface area contributed by atoms with Crippen LogP contribution in [-0.2, 0) is 20.8 Å². The van der Waals surface area contributed by atoms with Gasteiger partial charge in [0.1, 0.15) is 4.21 Å². The molecule has 18 heavy (non-hydrogen) atoms. The van der Waals surface area contributed by atoms with E-state index in [-0.39, 0.29) is 20.8 Å². The van der Waals surface area contributed by atoms with Gasteiger partial charge in [0, 0.05) is 35.4 Å². The van der Waals surface area contributed by atoms with E-state index < -0.39 is 31.4 Å². The topological polar surface area (TPSA) is 106 Å². The first-order valence-corrected chi connectivity index (χ1v) is 8.88. The van der Waals surface area contributed by atoms with Crippen LogP contribution in [0.3, 0.4) is 0 Å². The molecule has 11 heteroatoms. The molecule has 1 N–H and O–H groups in total. The molecule has 0 aliphatic carbocycles. The van der Waals surface area contributed by atoms with Gasteiger partial charge in [-0.15, -0.1) is 11.3 Å². The fraction of sp³-hybridized carbons (Fsp3) is 0.429. The summed E-state index contributed by atoms with van der Waals surface area (Å²) in [5.74, 6) is 0.167. The van der Waals surface area contributed by atoms with Crippen molar-refractivity contribution in [1.29, 1.82) is 0 Å². The van der Waals surface area contributed by atoms with Crippen LogP contribution >= 0.6 is 22.9 Å². The van der Waals surface area contributed by atoms with Crippen LogP contribution in [-0.4, -0.2) is 36.1 Å². The molecule has 0 saturated heterocycles. The number of thiophene rings is 1. The standard InChI is InChI=1S/C7H9ClN2O5S3/c1-17(13)3-2-9-18(14,15)6-4-5(10(11)12)7(8)16-6/h4,9H,2-3H2,1H3. The number of hydrogen-bond acceptors (Lipinski definition) is 6. The van der Waals surface area contributed by atoms with Gasteiger partial charge in [-0.2, -0.15) is 0 Å². The first-order valence-electron chi connectivity index (χ1n) is 4.47. The van der Waals surface area contributed by atoms with E-state index in [0.717, 1.165) is 6.07 Å². The zero-order valence-electron chi connectivity index (χ0n) is 9.08. The zero-order chi connectivity index (χ0) is 13.9. The third-order valence-corrected chi connectivity index (χ3v) is 5.84. The van der Waals surface area contributed by atoms with Crippen molar-refractivity contribution < 1.29 is 17.6 Å². The summed E-state index contributed by atoms with van der Waals surface area (Å²) >= 11 is 6.17. The van der Waals surface area contributed by atoms with Crippen LogP contribution in [0, 0.1) is 10.1 Å². The molecule has 0 spiro atoms. The number of nitrogens with zero attached hydrogens (tertiary/aromatic N) is 1. The quantitative estimate of drug-likeness (QED) is 0.617. The van der Waals surface area contributed by atoms with E-state index in [0.29, 0.717) is 11.3 Å². The van der Waals surface area contributed by atoms with Crippen LogP contribution in [0.4, 0.5) is 5.69 Å². The maximum Gasteiger partial charge on any atom is 0.300 e. The molecule has 0 fully saturated rings. The van der Waals surface area contributed by atoms with Gasteiger partial charge in [0.2, 0.25) is 10.0 Å². The Morgan fingerprint density at radius 3 is 2.67 bits per heavy atom. The van der Waals surface area contributed by atoms with Crippen LogP contribution in [0.15, 0.2) is 10.3 Å². The molecule has 7 nitrogen and oxygen atoms in total. The Morgan fingerprint density at radius 1 is 1.61 bits per heavy atom. The molecule has 0 aromatic carbocycles. The first kappa shape index (κ1) is 15.5. The van der Waals surface area contributed by atoms with Gasteiger partial charge in [0.05, 0.1) is 4.92 Å². The largest absolute Gasteiger partial charge is 0.300 e. The lowest BCUT2D eigenvalue weighted by molar-refractivity contribution is -0.384. The summed E-state index contributed by atoms with van der Waals surface area (Å²) in [6.07, 6.45) is 1.45. The van der Waals surface area contributed by atoms with Crippen molar-refractivity contribution >= 4 is 49.4 Å². The van der Waals surface area contributed by atoms with Crippen LogP contribution in [0.25, 0.3) is 0 Å². The Kier molecular flexibility index (Phi) is 5.22. The Labute approximate surface area is 115 Å². The van der Waals surface area contributed by atoms with E-state index in [1.807, 2.05) is 0 Å². The highest BCUT2D eigenvalue weighted by Gasteiger charge is 2.24. The van der Waals surface area contributed by atoms with Gasteiger partial charge in [0.15, 0.2) is 4.34 Å². The fourth-order valence-corrected chi connectivity index (χ4v) is 4.25. The third-order valence-electron chi connectivity index (χ3n) is 1.79. The number of hydrogen-bond donors (Lipinski definition) is 1. The van der Waals surface area contributed by atoms with Gasteiger partial charge in [-0.05, 0) is 0 Å². The molecule has 102 valence electrons. The second kappa shape index (κ2) is 6.06. The average molecular weight is 333 g/mol. The third kappa shape index (κ3) is 3.99. The second-order valence-electron chi connectivity index (χ2n) is 3.16. The predicted molar refractivity (Wildman–Crippen MR) is 70.1 cm³/mol. The minimum Gasteiger partial charge on any atom is -0.260 e. The van der Waals surface area contributed by atoms with Crippen LogP contribution in [0.2, 0.25) is 4.34 Å².